The molecule has 0 aliphatic heterocycles. The normalized spacial score (nSPS) is 11.7. The summed E-state index contributed by atoms with van der Waals surface area (Å²) < 4.78 is 0.751. The number of hydrogen-bond donors (Lipinski definition) is 2. The summed E-state index contributed by atoms with van der Waals surface area (Å²) in [4.78, 5) is 14.5. The van der Waals surface area contributed by atoms with Crippen LogP contribution in [0.25, 0.3) is 0 Å². The third-order valence-electron chi connectivity index (χ3n) is 3.97. The van der Waals surface area contributed by atoms with Gasteiger partial charge < -0.3 is 15.5 Å². The number of nitrogens with zero attached hydrogens (tertiary/aromatic N) is 3. The van der Waals surface area contributed by atoms with Crippen molar-refractivity contribution >= 4 is 51.2 Å². The molecule has 0 radical (unpaired) electrons. The van der Waals surface area contributed by atoms with Gasteiger partial charge in [0.1, 0.15) is 0 Å². The summed E-state index contributed by atoms with van der Waals surface area (Å²) in [6.45, 7) is 3.91. The molecule has 0 spiro atoms. The molecule has 0 saturated carbocycles. The monoisotopic (exact) mass is 413 g/mol. The fraction of sp³-hybridized carbons (Fsp3) is 0.250. The third kappa shape index (κ3) is 5.46. The summed E-state index contributed by atoms with van der Waals surface area (Å²) in [5.41, 5.74) is 4.01. The average Bonchev–Trinajstić information content (AvgIpc) is 3.09. The molecule has 1 aromatic heterocycles. The number of aryl methyl sites for hydroxylation is 1. The van der Waals surface area contributed by atoms with Gasteiger partial charge in [0.2, 0.25) is 11.0 Å². The number of carbonyl (C=O) groups is 1. The summed E-state index contributed by atoms with van der Waals surface area (Å²) >= 11 is 2.83. The Kier molecular flexibility index (Phi) is 6.53. The summed E-state index contributed by atoms with van der Waals surface area (Å²) in [6, 6.07) is 15.8. The fourth-order valence-electron chi connectivity index (χ4n) is 2.45. The van der Waals surface area contributed by atoms with Gasteiger partial charge in [0.25, 0.3) is 0 Å². The maximum absolute atomic E-state index is 12.5. The fourth-order valence-corrected chi connectivity index (χ4v) is 4.36. The van der Waals surface area contributed by atoms with E-state index in [0.29, 0.717) is 5.13 Å². The van der Waals surface area contributed by atoms with E-state index < -0.39 is 0 Å². The smallest absolute Gasteiger partial charge is 0.237 e. The number of carbonyl (C=O) groups excluding carboxylic acids is 1. The first-order valence-corrected chi connectivity index (χ1v) is 10.5. The highest BCUT2D eigenvalue weighted by Gasteiger charge is 2.17. The van der Waals surface area contributed by atoms with Crippen LogP contribution < -0.4 is 15.5 Å². The van der Waals surface area contributed by atoms with Crippen LogP contribution in [0.5, 0.6) is 0 Å². The molecular weight excluding hydrogens is 390 g/mol. The van der Waals surface area contributed by atoms with E-state index in [1.807, 2.05) is 81.4 Å². The number of aromatic nitrogens is 2. The van der Waals surface area contributed by atoms with Crippen molar-refractivity contribution < 1.29 is 4.79 Å². The van der Waals surface area contributed by atoms with Crippen LogP contribution in [0.15, 0.2) is 52.9 Å². The lowest BCUT2D eigenvalue weighted by Gasteiger charge is -2.14. The minimum absolute atomic E-state index is 0.0639. The van der Waals surface area contributed by atoms with Gasteiger partial charge in [-0.15, -0.1) is 10.2 Å². The van der Waals surface area contributed by atoms with Crippen LogP contribution in [0.3, 0.4) is 0 Å². The van der Waals surface area contributed by atoms with Crippen LogP contribution in [-0.2, 0) is 4.79 Å². The molecule has 3 aromatic rings. The quantitative estimate of drug-likeness (QED) is 0.544. The second kappa shape index (κ2) is 9.07. The maximum atomic E-state index is 12.5. The van der Waals surface area contributed by atoms with Crippen molar-refractivity contribution in [3.8, 4) is 0 Å². The van der Waals surface area contributed by atoms with Crippen molar-refractivity contribution in [1.29, 1.82) is 0 Å². The Morgan fingerprint density at radius 2 is 1.86 bits per heavy atom. The summed E-state index contributed by atoms with van der Waals surface area (Å²) in [5, 5.41) is 15.0. The molecule has 146 valence electrons. The molecule has 1 heterocycles. The van der Waals surface area contributed by atoms with E-state index in [1.165, 1.54) is 28.7 Å². The van der Waals surface area contributed by atoms with Gasteiger partial charge in [-0.25, -0.2) is 0 Å². The van der Waals surface area contributed by atoms with Gasteiger partial charge in [-0.3, -0.25) is 4.79 Å². The first-order valence-electron chi connectivity index (χ1n) is 8.83. The average molecular weight is 414 g/mol. The van der Waals surface area contributed by atoms with E-state index in [9.17, 15) is 4.79 Å². The Labute approximate surface area is 173 Å². The number of thioether (sulfide) groups is 1. The molecule has 1 unspecified atom stereocenters. The van der Waals surface area contributed by atoms with Crippen molar-refractivity contribution in [1.82, 2.24) is 10.2 Å². The van der Waals surface area contributed by atoms with Crippen LogP contribution in [0.4, 0.5) is 22.2 Å². The summed E-state index contributed by atoms with van der Waals surface area (Å²) in [6.07, 6.45) is 0. The second-order valence-electron chi connectivity index (χ2n) is 6.56. The van der Waals surface area contributed by atoms with Crippen molar-refractivity contribution in [3.05, 3.63) is 54.1 Å². The Morgan fingerprint density at radius 3 is 2.54 bits per heavy atom. The number of nitrogens with one attached hydrogen (secondary N) is 2. The second-order valence-corrected chi connectivity index (χ2v) is 9.12. The summed E-state index contributed by atoms with van der Waals surface area (Å²) in [7, 11) is 3.97. The molecular formula is C20H23N5OS2. The van der Waals surface area contributed by atoms with E-state index in [0.717, 1.165) is 21.4 Å². The molecule has 6 nitrogen and oxygen atoms in total. The first kappa shape index (κ1) is 20.2. The van der Waals surface area contributed by atoms with Crippen LogP contribution >= 0.6 is 23.1 Å². The zero-order valence-corrected chi connectivity index (χ0v) is 17.9. The topological polar surface area (TPSA) is 70.1 Å². The van der Waals surface area contributed by atoms with Crippen molar-refractivity contribution in [2.24, 2.45) is 0 Å². The molecule has 1 atom stereocenters. The molecule has 0 aliphatic carbocycles. The first-order chi connectivity index (χ1) is 13.4. The van der Waals surface area contributed by atoms with E-state index >= 15 is 0 Å². The highest BCUT2D eigenvalue weighted by atomic mass is 32.2. The van der Waals surface area contributed by atoms with Gasteiger partial charge in [0.15, 0.2) is 4.34 Å². The lowest BCUT2D eigenvalue weighted by Crippen LogP contribution is -2.22. The maximum Gasteiger partial charge on any atom is 0.237 e. The van der Waals surface area contributed by atoms with Gasteiger partial charge in [0, 0.05) is 31.2 Å². The molecule has 2 aromatic carbocycles. The van der Waals surface area contributed by atoms with Crippen molar-refractivity contribution in [2.75, 3.05) is 29.6 Å². The van der Waals surface area contributed by atoms with Gasteiger partial charge in [-0.05, 0) is 55.8 Å². The Bertz CT molecular complexity index is 940. The molecule has 3 rings (SSSR count). The number of amides is 1. The predicted octanol–water partition coefficient (Wildman–Crippen LogP) is 4.78. The van der Waals surface area contributed by atoms with E-state index in [4.69, 9.17) is 0 Å². The van der Waals surface area contributed by atoms with E-state index in [2.05, 4.69) is 20.8 Å². The van der Waals surface area contributed by atoms with Gasteiger partial charge in [0.05, 0.1) is 5.25 Å². The predicted molar refractivity (Wildman–Crippen MR) is 119 cm³/mol. The SMILES string of the molecule is Cc1cccc(Nc2nnc(SC(C)C(=O)Nc3ccc(N(C)C)cc3)s2)c1. The largest absolute Gasteiger partial charge is 0.378 e. The van der Waals surface area contributed by atoms with Crippen molar-refractivity contribution in [3.63, 3.8) is 0 Å². The minimum atomic E-state index is -0.284. The molecule has 8 heteroatoms. The molecule has 0 bridgehead atoms. The zero-order chi connectivity index (χ0) is 20.1. The zero-order valence-electron chi connectivity index (χ0n) is 16.3. The third-order valence-corrected chi connectivity index (χ3v) is 6.00. The Balaban J connectivity index is 1.56. The van der Waals surface area contributed by atoms with Crippen LogP contribution in [0, 0.1) is 6.92 Å². The molecule has 0 aliphatic rings. The van der Waals surface area contributed by atoms with Gasteiger partial charge in [-0.1, -0.05) is 35.2 Å². The molecule has 2 N–H and O–H groups in total. The van der Waals surface area contributed by atoms with Crippen LogP contribution in [0.1, 0.15) is 12.5 Å². The summed E-state index contributed by atoms with van der Waals surface area (Å²) in [5.74, 6) is -0.0639. The van der Waals surface area contributed by atoms with Crippen LogP contribution in [-0.4, -0.2) is 35.4 Å². The molecule has 28 heavy (non-hydrogen) atoms. The lowest BCUT2D eigenvalue weighted by molar-refractivity contribution is -0.115. The van der Waals surface area contributed by atoms with Gasteiger partial charge in [-0.2, -0.15) is 0 Å². The standard InChI is InChI=1S/C20H23N5OS2/c1-13-6-5-7-16(12-13)22-19-23-24-20(28-19)27-14(2)18(26)21-15-8-10-17(11-9-15)25(3)4/h5-12,14H,1-4H3,(H,21,26)(H,22,23). The number of anilines is 4. The molecule has 0 saturated heterocycles. The highest BCUT2D eigenvalue weighted by molar-refractivity contribution is 8.02. The molecule has 0 fully saturated rings. The van der Waals surface area contributed by atoms with E-state index in [-0.39, 0.29) is 11.2 Å². The van der Waals surface area contributed by atoms with Crippen LogP contribution in [0.2, 0.25) is 0 Å². The Hall–Kier alpha value is -2.58. The Morgan fingerprint density at radius 1 is 1.11 bits per heavy atom. The van der Waals surface area contributed by atoms with Crippen molar-refractivity contribution in [2.45, 2.75) is 23.4 Å². The number of benzene rings is 2. The highest BCUT2D eigenvalue weighted by Crippen LogP contribution is 2.31. The minimum Gasteiger partial charge on any atom is -0.378 e. The molecule has 1 amide bonds. The number of hydrogen-bond acceptors (Lipinski definition) is 7. The lowest BCUT2D eigenvalue weighted by atomic mass is 10.2. The number of rotatable bonds is 7. The van der Waals surface area contributed by atoms with Gasteiger partial charge >= 0.3 is 0 Å². The van der Waals surface area contributed by atoms with E-state index in [1.54, 1.807) is 0 Å².